The molecule has 2 heterocycles. The molecule has 2 unspecified atom stereocenters. The molecule has 0 amide bonds. The summed E-state index contributed by atoms with van der Waals surface area (Å²) in [6.45, 7) is 5.08. The van der Waals surface area contributed by atoms with Gasteiger partial charge >= 0.3 is 0 Å². The van der Waals surface area contributed by atoms with Crippen LogP contribution in [0.2, 0.25) is 0 Å². The topological polar surface area (TPSA) is 34.1 Å². The number of hydrogen-bond acceptors (Lipinski definition) is 4. The van der Waals surface area contributed by atoms with Gasteiger partial charge in [0.2, 0.25) is 0 Å². The summed E-state index contributed by atoms with van der Waals surface area (Å²) in [4.78, 5) is 4.32. The van der Waals surface area contributed by atoms with Crippen molar-refractivity contribution in [1.82, 2.24) is 10.3 Å². The van der Waals surface area contributed by atoms with E-state index in [-0.39, 0.29) is 6.10 Å². The number of nitrogens with one attached hydrogen (secondary N) is 1. The Labute approximate surface area is 88.5 Å². The maximum absolute atomic E-state index is 5.71. The normalized spacial score (nSPS) is 26.9. The van der Waals surface area contributed by atoms with Crippen molar-refractivity contribution in [2.24, 2.45) is 5.92 Å². The minimum Gasteiger partial charge on any atom is -0.371 e. The summed E-state index contributed by atoms with van der Waals surface area (Å²) in [5.41, 5.74) is 0. The highest BCUT2D eigenvalue weighted by molar-refractivity contribution is 7.09. The number of nitrogens with zero attached hydrogens (tertiary/aromatic N) is 1. The van der Waals surface area contributed by atoms with Crippen LogP contribution in [0, 0.1) is 5.92 Å². The van der Waals surface area contributed by atoms with Gasteiger partial charge in [-0.3, -0.25) is 0 Å². The minimum absolute atomic E-state index is 0.231. The Kier molecular flexibility index (Phi) is 3.50. The summed E-state index contributed by atoms with van der Waals surface area (Å²) < 4.78 is 5.71. The maximum atomic E-state index is 5.71. The molecule has 1 N–H and O–H groups in total. The fourth-order valence-corrected chi connectivity index (χ4v) is 2.60. The van der Waals surface area contributed by atoms with E-state index < -0.39 is 0 Å². The smallest absolute Gasteiger partial charge is 0.122 e. The average molecular weight is 212 g/mol. The highest BCUT2D eigenvalue weighted by atomic mass is 32.1. The molecule has 1 aromatic rings. The molecule has 1 fully saturated rings. The monoisotopic (exact) mass is 212 g/mol. The van der Waals surface area contributed by atoms with Crippen LogP contribution in [-0.2, 0) is 4.74 Å². The molecule has 0 spiro atoms. The molecule has 1 aromatic heterocycles. The molecule has 14 heavy (non-hydrogen) atoms. The first kappa shape index (κ1) is 10.1. The Hall–Kier alpha value is -0.450. The van der Waals surface area contributed by atoms with Crippen molar-refractivity contribution in [3.63, 3.8) is 0 Å². The van der Waals surface area contributed by atoms with E-state index in [1.165, 1.54) is 0 Å². The van der Waals surface area contributed by atoms with Crippen molar-refractivity contribution in [1.29, 1.82) is 0 Å². The van der Waals surface area contributed by atoms with Gasteiger partial charge < -0.3 is 10.1 Å². The van der Waals surface area contributed by atoms with Gasteiger partial charge in [-0.15, -0.1) is 11.3 Å². The molecular formula is C10H16N2OS. The molecule has 3 nitrogen and oxygen atoms in total. The SMILES string of the molecule is CCNCC1CCOC1c1nccs1. The molecule has 0 radical (unpaired) electrons. The van der Waals surface area contributed by atoms with Crippen molar-refractivity contribution in [3.8, 4) is 0 Å². The van der Waals surface area contributed by atoms with Crippen LogP contribution in [0.1, 0.15) is 24.5 Å². The van der Waals surface area contributed by atoms with Gasteiger partial charge in [-0.05, 0) is 13.0 Å². The van der Waals surface area contributed by atoms with E-state index in [9.17, 15) is 0 Å². The summed E-state index contributed by atoms with van der Waals surface area (Å²) in [7, 11) is 0. The first-order chi connectivity index (χ1) is 6.92. The number of rotatable bonds is 4. The van der Waals surface area contributed by atoms with Crippen molar-refractivity contribution in [3.05, 3.63) is 16.6 Å². The molecule has 1 aliphatic heterocycles. The van der Waals surface area contributed by atoms with Gasteiger partial charge in [0.1, 0.15) is 11.1 Å². The standard InChI is InChI=1S/C10H16N2OS/c1-2-11-7-8-3-5-13-9(8)10-12-4-6-14-10/h4,6,8-9,11H,2-3,5,7H2,1H3. The molecule has 1 aliphatic rings. The van der Waals surface area contributed by atoms with Crippen molar-refractivity contribution >= 4 is 11.3 Å². The van der Waals surface area contributed by atoms with E-state index in [1.807, 2.05) is 11.6 Å². The third kappa shape index (κ3) is 2.13. The zero-order valence-electron chi connectivity index (χ0n) is 8.40. The lowest BCUT2D eigenvalue weighted by molar-refractivity contribution is 0.0904. The predicted molar refractivity (Wildman–Crippen MR) is 57.5 cm³/mol. The quantitative estimate of drug-likeness (QED) is 0.827. The Morgan fingerprint density at radius 1 is 1.71 bits per heavy atom. The van der Waals surface area contributed by atoms with Crippen molar-refractivity contribution in [2.75, 3.05) is 19.7 Å². The molecule has 0 aliphatic carbocycles. The predicted octanol–water partition coefficient (Wildman–Crippen LogP) is 1.83. The molecule has 1 saturated heterocycles. The lowest BCUT2D eigenvalue weighted by Gasteiger charge is -2.16. The van der Waals surface area contributed by atoms with Gasteiger partial charge in [0, 0.05) is 30.6 Å². The van der Waals surface area contributed by atoms with Crippen LogP contribution >= 0.6 is 11.3 Å². The third-order valence-electron chi connectivity index (χ3n) is 2.57. The van der Waals surface area contributed by atoms with Crippen molar-refractivity contribution in [2.45, 2.75) is 19.4 Å². The van der Waals surface area contributed by atoms with E-state index in [1.54, 1.807) is 11.3 Å². The molecular weight excluding hydrogens is 196 g/mol. The summed E-state index contributed by atoms with van der Waals surface area (Å²) in [6, 6.07) is 0. The van der Waals surface area contributed by atoms with Crippen LogP contribution in [0.25, 0.3) is 0 Å². The second-order valence-electron chi connectivity index (χ2n) is 3.52. The fourth-order valence-electron chi connectivity index (χ4n) is 1.82. The van der Waals surface area contributed by atoms with E-state index in [4.69, 9.17) is 4.74 Å². The van der Waals surface area contributed by atoms with Crippen LogP contribution in [0.3, 0.4) is 0 Å². The van der Waals surface area contributed by atoms with Crippen LogP contribution in [0.5, 0.6) is 0 Å². The highest BCUT2D eigenvalue weighted by Gasteiger charge is 2.30. The maximum Gasteiger partial charge on any atom is 0.122 e. The Balaban J connectivity index is 1.97. The molecule has 0 aromatic carbocycles. The number of aromatic nitrogens is 1. The van der Waals surface area contributed by atoms with Crippen LogP contribution in [0.15, 0.2) is 11.6 Å². The molecule has 2 rings (SSSR count). The lowest BCUT2D eigenvalue weighted by Crippen LogP contribution is -2.24. The average Bonchev–Trinajstić information content (AvgIpc) is 2.84. The Morgan fingerprint density at radius 2 is 2.64 bits per heavy atom. The van der Waals surface area contributed by atoms with Crippen LogP contribution in [-0.4, -0.2) is 24.7 Å². The van der Waals surface area contributed by atoms with E-state index >= 15 is 0 Å². The van der Waals surface area contributed by atoms with Crippen LogP contribution < -0.4 is 5.32 Å². The number of thiazole rings is 1. The molecule has 0 bridgehead atoms. The Bertz CT molecular complexity index is 263. The summed E-state index contributed by atoms with van der Waals surface area (Å²) in [5, 5.41) is 6.52. The molecule has 0 saturated carbocycles. The van der Waals surface area contributed by atoms with Gasteiger partial charge in [0.15, 0.2) is 0 Å². The number of hydrogen-bond donors (Lipinski definition) is 1. The first-order valence-electron chi connectivity index (χ1n) is 5.13. The largest absolute Gasteiger partial charge is 0.371 e. The van der Waals surface area contributed by atoms with Gasteiger partial charge in [0.25, 0.3) is 0 Å². The van der Waals surface area contributed by atoms with E-state index in [0.29, 0.717) is 5.92 Å². The molecule has 78 valence electrons. The third-order valence-corrected chi connectivity index (χ3v) is 3.40. The Morgan fingerprint density at radius 3 is 3.36 bits per heavy atom. The minimum atomic E-state index is 0.231. The summed E-state index contributed by atoms with van der Waals surface area (Å²) in [6.07, 6.45) is 3.23. The van der Waals surface area contributed by atoms with E-state index in [2.05, 4.69) is 17.2 Å². The zero-order chi connectivity index (χ0) is 9.80. The summed E-state index contributed by atoms with van der Waals surface area (Å²) in [5.74, 6) is 0.598. The highest BCUT2D eigenvalue weighted by Crippen LogP contribution is 2.34. The second kappa shape index (κ2) is 4.87. The van der Waals surface area contributed by atoms with Gasteiger partial charge in [0.05, 0.1) is 0 Å². The first-order valence-corrected chi connectivity index (χ1v) is 6.01. The molecule has 4 heteroatoms. The van der Waals surface area contributed by atoms with Crippen LogP contribution in [0.4, 0.5) is 0 Å². The lowest BCUT2D eigenvalue weighted by atomic mass is 10.0. The second-order valence-corrected chi connectivity index (χ2v) is 4.44. The zero-order valence-corrected chi connectivity index (χ0v) is 9.22. The summed E-state index contributed by atoms with van der Waals surface area (Å²) >= 11 is 1.69. The van der Waals surface area contributed by atoms with Gasteiger partial charge in [-0.1, -0.05) is 6.92 Å². The molecule has 2 atom stereocenters. The fraction of sp³-hybridized carbons (Fsp3) is 0.700. The van der Waals surface area contributed by atoms with Crippen molar-refractivity contribution < 1.29 is 4.74 Å². The van der Waals surface area contributed by atoms with Gasteiger partial charge in [-0.25, -0.2) is 4.98 Å². The van der Waals surface area contributed by atoms with E-state index in [0.717, 1.165) is 31.1 Å². The van der Waals surface area contributed by atoms with Gasteiger partial charge in [-0.2, -0.15) is 0 Å². The number of ether oxygens (including phenoxy) is 1.